The Kier molecular flexibility index (Phi) is 6.05. The Labute approximate surface area is 212 Å². The fourth-order valence-electron chi connectivity index (χ4n) is 8.35. The van der Waals surface area contributed by atoms with Gasteiger partial charge in [0.2, 0.25) is 0 Å². The molecule has 0 spiro atoms. The highest BCUT2D eigenvalue weighted by Crippen LogP contribution is 2.60. The monoisotopic (exact) mass is 499 g/mol. The van der Waals surface area contributed by atoms with Crippen LogP contribution in [0.3, 0.4) is 0 Å². The molecule has 6 nitrogen and oxygen atoms in total. The first kappa shape index (κ1) is 24.2. The molecule has 0 N–H and O–H groups in total. The third-order valence-electron chi connectivity index (χ3n) is 9.85. The summed E-state index contributed by atoms with van der Waals surface area (Å²) in [5.74, 6) is 1.54. The number of likely N-dealkylation sites (tertiary alicyclic amines) is 1. The number of hydrogen-bond acceptors (Lipinski definition) is 5. The SMILES string of the molecule is COC(=O)[C@@H]1[C@@H](C)[C@H](OC)CN1C(=O)c1cc(C2CC2)c(OCC23CC4CC(CC(C4)C2)C3)cc1F. The molecule has 5 saturated carbocycles. The zero-order valence-corrected chi connectivity index (χ0v) is 21.6. The van der Waals surface area contributed by atoms with Crippen molar-refractivity contribution in [2.45, 2.75) is 76.4 Å². The molecule has 3 atom stereocenters. The van der Waals surface area contributed by atoms with Gasteiger partial charge in [0.1, 0.15) is 17.6 Å². The first-order chi connectivity index (χ1) is 17.3. The minimum Gasteiger partial charge on any atom is -0.493 e. The van der Waals surface area contributed by atoms with Crippen LogP contribution < -0.4 is 4.74 Å². The minimum absolute atomic E-state index is 0.00286. The van der Waals surface area contributed by atoms with E-state index in [-0.39, 0.29) is 29.5 Å². The molecular formula is C29H38FNO5. The summed E-state index contributed by atoms with van der Waals surface area (Å²) in [6.07, 6.45) is 9.57. The van der Waals surface area contributed by atoms with E-state index in [1.54, 1.807) is 13.2 Å². The summed E-state index contributed by atoms with van der Waals surface area (Å²) in [5, 5.41) is 0. The van der Waals surface area contributed by atoms with Crippen LogP contribution in [0.25, 0.3) is 0 Å². The largest absolute Gasteiger partial charge is 0.493 e. The van der Waals surface area contributed by atoms with Gasteiger partial charge in [0, 0.05) is 31.1 Å². The fourth-order valence-corrected chi connectivity index (χ4v) is 8.35. The molecule has 1 aromatic carbocycles. The third-order valence-corrected chi connectivity index (χ3v) is 9.85. The molecule has 6 fully saturated rings. The van der Waals surface area contributed by atoms with E-state index in [0.717, 1.165) is 36.2 Å². The first-order valence-electron chi connectivity index (χ1n) is 13.7. The normalized spacial score (nSPS) is 36.8. The number of rotatable bonds is 7. The van der Waals surface area contributed by atoms with E-state index in [0.29, 0.717) is 18.3 Å². The van der Waals surface area contributed by atoms with Crippen molar-refractivity contribution in [3.63, 3.8) is 0 Å². The Morgan fingerprint density at radius 3 is 2.25 bits per heavy atom. The van der Waals surface area contributed by atoms with Gasteiger partial charge in [0.05, 0.1) is 25.4 Å². The van der Waals surface area contributed by atoms with Crippen LogP contribution in [-0.4, -0.2) is 56.3 Å². The lowest BCUT2D eigenvalue weighted by Crippen LogP contribution is -2.48. The molecule has 196 valence electrons. The van der Waals surface area contributed by atoms with Crippen molar-refractivity contribution >= 4 is 11.9 Å². The van der Waals surface area contributed by atoms with Gasteiger partial charge in [-0.2, -0.15) is 0 Å². The Bertz CT molecular complexity index is 1020. The summed E-state index contributed by atoms with van der Waals surface area (Å²) >= 11 is 0. The molecule has 0 unspecified atom stereocenters. The topological polar surface area (TPSA) is 65.1 Å². The van der Waals surface area contributed by atoms with Gasteiger partial charge in [-0.15, -0.1) is 0 Å². The number of halogens is 1. The quantitative estimate of drug-likeness (QED) is 0.497. The van der Waals surface area contributed by atoms with Crippen LogP contribution in [0.15, 0.2) is 12.1 Å². The molecule has 0 radical (unpaired) electrons. The summed E-state index contributed by atoms with van der Waals surface area (Å²) in [6, 6.07) is 2.30. The molecular weight excluding hydrogens is 461 g/mol. The highest BCUT2D eigenvalue weighted by Gasteiger charge is 2.51. The average molecular weight is 500 g/mol. The smallest absolute Gasteiger partial charge is 0.328 e. The predicted molar refractivity (Wildman–Crippen MR) is 131 cm³/mol. The second kappa shape index (κ2) is 9.00. The van der Waals surface area contributed by atoms with Gasteiger partial charge in [-0.25, -0.2) is 9.18 Å². The van der Waals surface area contributed by atoms with Gasteiger partial charge in [-0.1, -0.05) is 6.92 Å². The van der Waals surface area contributed by atoms with E-state index in [1.165, 1.54) is 56.6 Å². The summed E-state index contributed by atoms with van der Waals surface area (Å²) in [5.41, 5.74) is 1.15. The van der Waals surface area contributed by atoms with Crippen molar-refractivity contribution in [1.29, 1.82) is 0 Å². The number of ether oxygens (including phenoxy) is 3. The maximum Gasteiger partial charge on any atom is 0.328 e. The molecule has 1 saturated heterocycles. The van der Waals surface area contributed by atoms with Crippen LogP contribution in [0.2, 0.25) is 0 Å². The van der Waals surface area contributed by atoms with E-state index >= 15 is 4.39 Å². The molecule has 1 amide bonds. The molecule has 6 aliphatic rings. The van der Waals surface area contributed by atoms with Crippen LogP contribution in [-0.2, 0) is 14.3 Å². The number of hydrogen-bond donors (Lipinski definition) is 0. The lowest BCUT2D eigenvalue weighted by atomic mass is 9.50. The lowest BCUT2D eigenvalue weighted by Gasteiger charge is -2.56. The first-order valence-corrected chi connectivity index (χ1v) is 13.7. The molecule has 1 aromatic rings. The Balaban J connectivity index is 1.25. The minimum atomic E-state index is -0.803. The molecule has 1 aliphatic heterocycles. The zero-order valence-electron chi connectivity index (χ0n) is 21.6. The van der Waals surface area contributed by atoms with E-state index in [1.807, 2.05) is 6.92 Å². The number of amides is 1. The molecule has 4 bridgehead atoms. The fraction of sp³-hybridized carbons (Fsp3) is 0.724. The van der Waals surface area contributed by atoms with Crippen molar-refractivity contribution in [3.8, 4) is 5.75 Å². The standard InChI is InChI=1S/C29H38FNO5/c1-16-25(34-2)14-31(26(16)28(33)35-3)27(32)22-9-21(20-4-5-20)24(10-23(22)30)36-15-29-11-17-6-18(12-29)8-19(7-17)13-29/h9-10,16-20,25-26H,4-8,11-15H2,1-3H3/t16-,17?,18?,19?,25+,26-,29?/m0/s1. The molecule has 36 heavy (non-hydrogen) atoms. The van der Waals surface area contributed by atoms with Crippen LogP contribution >= 0.6 is 0 Å². The Morgan fingerprint density at radius 1 is 1.06 bits per heavy atom. The number of benzene rings is 1. The third kappa shape index (κ3) is 4.11. The number of esters is 1. The number of nitrogens with zero attached hydrogens (tertiary/aromatic N) is 1. The van der Waals surface area contributed by atoms with Crippen LogP contribution in [0.1, 0.15) is 80.1 Å². The van der Waals surface area contributed by atoms with Crippen molar-refractivity contribution in [2.75, 3.05) is 27.4 Å². The van der Waals surface area contributed by atoms with E-state index in [2.05, 4.69) is 0 Å². The maximum absolute atomic E-state index is 15.5. The van der Waals surface area contributed by atoms with Gasteiger partial charge < -0.3 is 19.1 Å². The van der Waals surface area contributed by atoms with Gasteiger partial charge in [-0.05, 0) is 86.7 Å². The van der Waals surface area contributed by atoms with E-state index in [9.17, 15) is 9.59 Å². The zero-order chi connectivity index (χ0) is 25.2. The van der Waals surface area contributed by atoms with E-state index in [4.69, 9.17) is 14.2 Å². The van der Waals surface area contributed by atoms with Crippen molar-refractivity contribution in [1.82, 2.24) is 4.90 Å². The van der Waals surface area contributed by atoms with Gasteiger partial charge in [-0.3, -0.25) is 4.79 Å². The van der Waals surface area contributed by atoms with Gasteiger partial charge in [0.25, 0.3) is 5.91 Å². The molecule has 0 aromatic heterocycles. The summed E-state index contributed by atoms with van der Waals surface area (Å²) in [6.45, 7) is 2.72. The number of carbonyl (C=O) groups is 2. The summed E-state index contributed by atoms with van der Waals surface area (Å²) < 4.78 is 32.4. The number of methoxy groups -OCH3 is 2. The van der Waals surface area contributed by atoms with Crippen LogP contribution in [0.5, 0.6) is 5.75 Å². The van der Waals surface area contributed by atoms with Crippen LogP contribution in [0.4, 0.5) is 4.39 Å². The predicted octanol–water partition coefficient (Wildman–Crippen LogP) is 4.95. The van der Waals surface area contributed by atoms with Gasteiger partial charge in [0.15, 0.2) is 0 Å². The second-order valence-corrected chi connectivity index (χ2v) is 12.4. The molecule has 1 heterocycles. The highest BCUT2D eigenvalue weighted by molar-refractivity contribution is 5.98. The molecule has 7 rings (SSSR count). The molecule has 5 aliphatic carbocycles. The summed E-state index contributed by atoms with van der Waals surface area (Å²) in [4.78, 5) is 27.5. The Morgan fingerprint density at radius 2 is 1.69 bits per heavy atom. The molecule has 7 heteroatoms. The summed E-state index contributed by atoms with van der Waals surface area (Å²) in [7, 11) is 2.87. The lowest BCUT2D eigenvalue weighted by molar-refractivity contribution is -0.146. The van der Waals surface area contributed by atoms with Crippen molar-refractivity contribution < 1.29 is 28.2 Å². The van der Waals surface area contributed by atoms with Crippen molar-refractivity contribution in [2.24, 2.45) is 29.1 Å². The van der Waals surface area contributed by atoms with E-state index < -0.39 is 23.7 Å². The second-order valence-electron chi connectivity index (χ2n) is 12.4. The average Bonchev–Trinajstić information content (AvgIpc) is 3.63. The van der Waals surface area contributed by atoms with Crippen molar-refractivity contribution in [3.05, 3.63) is 29.1 Å². The highest BCUT2D eigenvalue weighted by atomic mass is 19.1. The maximum atomic E-state index is 15.5. The van der Waals surface area contributed by atoms with Crippen LogP contribution in [0, 0.1) is 34.9 Å². The van der Waals surface area contributed by atoms with Gasteiger partial charge >= 0.3 is 5.97 Å². The Hall–Kier alpha value is -2.15. The number of carbonyl (C=O) groups excluding carboxylic acids is 2.